The molecule has 3 rings (SSSR count). The highest BCUT2D eigenvalue weighted by molar-refractivity contribution is 7.87. The zero-order chi connectivity index (χ0) is 14.2. The second-order valence-corrected chi connectivity index (χ2v) is 6.29. The van der Waals surface area contributed by atoms with Crippen LogP contribution in [0.4, 0.5) is 0 Å². The molecule has 2 aromatic carbocycles. The molecule has 0 unspecified atom stereocenters. The maximum Gasteiger partial charge on any atom is 0.310 e. The summed E-state index contributed by atoms with van der Waals surface area (Å²) in [6.45, 7) is 0. The van der Waals surface area contributed by atoms with E-state index in [-0.39, 0.29) is 11.7 Å². The Kier molecular flexibility index (Phi) is 3.14. The van der Waals surface area contributed by atoms with Crippen LogP contribution >= 0.6 is 0 Å². The monoisotopic (exact) mass is 290 g/mol. The molecule has 0 saturated carbocycles. The average Bonchev–Trinajstić information content (AvgIpc) is 2.45. The lowest BCUT2D eigenvalue weighted by Gasteiger charge is -2.26. The van der Waals surface area contributed by atoms with Crippen LogP contribution in [0.15, 0.2) is 48.5 Å². The summed E-state index contributed by atoms with van der Waals surface area (Å²) in [5.74, 6) is 0.670. The molecule has 20 heavy (non-hydrogen) atoms. The lowest BCUT2D eigenvalue weighted by molar-refractivity contribution is 0.409. The Balaban J connectivity index is 2.14. The quantitative estimate of drug-likeness (QED) is 0.798. The van der Waals surface area contributed by atoms with Gasteiger partial charge >= 0.3 is 10.1 Å². The Hall–Kier alpha value is -2.01. The zero-order valence-corrected chi connectivity index (χ0v) is 11.8. The molecule has 0 bridgehead atoms. The Morgan fingerprint density at radius 2 is 1.90 bits per heavy atom. The maximum atomic E-state index is 11.9. The molecule has 1 atom stereocenters. The fourth-order valence-corrected chi connectivity index (χ4v) is 3.69. The SMILES string of the molecule is COc1ccc2c(c1)OS(=O)(=O)C[C@H]2c1ccccc1. The lowest BCUT2D eigenvalue weighted by Crippen LogP contribution is -2.26. The van der Waals surface area contributed by atoms with E-state index in [0.29, 0.717) is 11.5 Å². The third-order valence-corrected chi connectivity index (χ3v) is 4.56. The number of methoxy groups -OCH3 is 1. The van der Waals surface area contributed by atoms with Crippen molar-refractivity contribution in [1.82, 2.24) is 0 Å². The molecule has 4 nitrogen and oxygen atoms in total. The van der Waals surface area contributed by atoms with Gasteiger partial charge in [0.15, 0.2) is 0 Å². The van der Waals surface area contributed by atoms with Crippen molar-refractivity contribution in [3.8, 4) is 11.5 Å². The minimum atomic E-state index is -3.57. The first-order valence-electron chi connectivity index (χ1n) is 6.24. The Labute approximate surface area is 118 Å². The first kappa shape index (κ1) is 13.0. The largest absolute Gasteiger partial charge is 0.497 e. The number of ether oxygens (including phenoxy) is 1. The highest BCUT2D eigenvalue weighted by Gasteiger charge is 2.32. The zero-order valence-electron chi connectivity index (χ0n) is 10.9. The molecule has 2 aromatic rings. The third-order valence-electron chi connectivity index (χ3n) is 3.39. The summed E-state index contributed by atoms with van der Waals surface area (Å²) in [5, 5.41) is 0. The smallest absolute Gasteiger partial charge is 0.310 e. The van der Waals surface area contributed by atoms with Gasteiger partial charge in [0.25, 0.3) is 0 Å². The van der Waals surface area contributed by atoms with E-state index < -0.39 is 10.1 Å². The van der Waals surface area contributed by atoms with Crippen LogP contribution in [-0.2, 0) is 10.1 Å². The fraction of sp³-hybridized carbons (Fsp3) is 0.200. The van der Waals surface area contributed by atoms with Gasteiger partial charge in [-0.1, -0.05) is 36.4 Å². The summed E-state index contributed by atoms with van der Waals surface area (Å²) in [4.78, 5) is 0. The van der Waals surface area contributed by atoms with E-state index in [9.17, 15) is 8.42 Å². The number of hydrogen-bond donors (Lipinski definition) is 0. The van der Waals surface area contributed by atoms with E-state index in [2.05, 4.69) is 0 Å². The van der Waals surface area contributed by atoms with E-state index in [1.54, 1.807) is 6.07 Å². The lowest BCUT2D eigenvalue weighted by atomic mass is 9.92. The predicted octanol–water partition coefficient (Wildman–Crippen LogP) is 2.55. The van der Waals surface area contributed by atoms with Crippen molar-refractivity contribution in [2.75, 3.05) is 12.9 Å². The molecule has 0 fully saturated rings. The Bertz CT molecular complexity index is 723. The molecule has 0 saturated heterocycles. The van der Waals surface area contributed by atoms with Gasteiger partial charge in [0.1, 0.15) is 11.5 Å². The van der Waals surface area contributed by atoms with Crippen LogP contribution in [0.3, 0.4) is 0 Å². The molecule has 0 aromatic heterocycles. The molecule has 1 heterocycles. The number of hydrogen-bond acceptors (Lipinski definition) is 4. The summed E-state index contributed by atoms with van der Waals surface area (Å²) in [6, 6.07) is 14.9. The summed E-state index contributed by atoms with van der Waals surface area (Å²) >= 11 is 0. The van der Waals surface area contributed by atoms with Gasteiger partial charge in [0.05, 0.1) is 12.9 Å². The summed E-state index contributed by atoms with van der Waals surface area (Å²) < 4.78 is 34.1. The highest BCUT2D eigenvalue weighted by atomic mass is 32.2. The molecule has 1 aliphatic rings. The van der Waals surface area contributed by atoms with E-state index in [1.807, 2.05) is 42.5 Å². The summed E-state index contributed by atoms with van der Waals surface area (Å²) in [7, 11) is -2.04. The van der Waals surface area contributed by atoms with Crippen molar-refractivity contribution in [2.45, 2.75) is 5.92 Å². The fourth-order valence-electron chi connectivity index (χ4n) is 2.43. The van der Waals surface area contributed by atoms with Gasteiger partial charge < -0.3 is 8.92 Å². The van der Waals surface area contributed by atoms with Crippen molar-refractivity contribution >= 4 is 10.1 Å². The maximum absolute atomic E-state index is 11.9. The normalized spacial score (nSPS) is 19.8. The van der Waals surface area contributed by atoms with Crippen molar-refractivity contribution in [3.05, 3.63) is 59.7 Å². The van der Waals surface area contributed by atoms with Crippen molar-refractivity contribution < 1.29 is 17.3 Å². The van der Waals surface area contributed by atoms with Crippen molar-refractivity contribution in [3.63, 3.8) is 0 Å². The van der Waals surface area contributed by atoms with Gasteiger partial charge in [-0.2, -0.15) is 8.42 Å². The number of fused-ring (bicyclic) bond motifs is 1. The molecule has 0 radical (unpaired) electrons. The molecule has 0 amide bonds. The van der Waals surface area contributed by atoms with Crippen LogP contribution in [0, 0.1) is 0 Å². The van der Waals surface area contributed by atoms with Crippen molar-refractivity contribution in [1.29, 1.82) is 0 Å². The van der Waals surface area contributed by atoms with Crippen LogP contribution in [0.25, 0.3) is 0 Å². The molecule has 5 heteroatoms. The predicted molar refractivity (Wildman–Crippen MR) is 75.7 cm³/mol. The molecule has 104 valence electrons. The number of rotatable bonds is 2. The van der Waals surface area contributed by atoms with Gasteiger partial charge in [-0.15, -0.1) is 0 Å². The van der Waals surface area contributed by atoms with E-state index >= 15 is 0 Å². The minimum absolute atomic E-state index is 0.0453. The summed E-state index contributed by atoms with van der Waals surface area (Å²) in [5.41, 5.74) is 1.83. The van der Waals surface area contributed by atoms with Crippen LogP contribution in [0.1, 0.15) is 17.0 Å². The van der Waals surface area contributed by atoms with E-state index in [1.165, 1.54) is 7.11 Å². The molecular weight excluding hydrogens is 276 g/mol. The van der Waals surface area contributed by atoms with Gasteiger partial charge in [-0.25, -0.2) is 0 Å². The molecule has 0 N–H and O–H groups in total. The number of benzene rings is 2. The molecular formula is C15H14O4S. The van der Waals surface area contributed by atoms with E-state index in [4.69, 9.17) is 8.92 Å². The second kappa shape index (κ2) is 4.83. The second-order valence-electron chi connectivity index (χ2n) is 4.67. The standard InChI is InChI=1S/C15H14O4S/c1-18-12-7-8-13-14(11-5-3-2-4-6-11)10-20(16,17)19-15(13)9-12/h2-9,14H,10H2,1H3/t14-/m0/s1. The Morgan fingerprint density at radius 3 is 2.60 bits per heavy atom. The summed E-state index contributed by atoms with van der Waals surface area (Å²) in [6.07, 6.45) is 0. The van der Waals surface area contributed by atoms with Gasteiger partial charge in [-0.05, 0) is 11.6 Å². The topological polar surface area (TPSA) is 52.6 Å². The third kappa shape index (κ3) is 2.36. The van der Waals surface area contributed by atoms with Crippen LogP contribution in [0.2, 0.25) is 0 Å². The van der Waals surface area contributed by atoms with Gasteiger partial charge in [0, 0.05) is 17.5 Å². The van der Waals surface area contributed by atoms with Crippen LogP contribution in [0.5, 0.6) is 11.5 Å². The van der Waals surface area contributed by atoms with Crippen LogP contribution in [-0.4, -0.2) is 21.3 Å². The first-order valence-corrected chi connectivity index (χ1v) is 7.82. The average molecular weight is 290 g/mol. The molecule has 1 aliphatic heterocycles. The minimum Gasteiger partial charge on any atom is -0.497 e. The van der Waals surface area contributed by atoms with E-state index in [0.717, 1.165) is 11.1 Å². The molecule has 0 aliphatic carbocycles. The Morgan fingerprint density at radius 1 is 1.15 bits per heavy atom. The highest BCUT2D eigenvalue weighted by Crippen LogP contribution is 2.39. The van der Waals surface area contributed by atoms with Gasteiger partial charge in [-0.3, -0.25) is 0 Å². The van der Waals surface area contributed by atoms with Crippen LogP contribution < -0.4 is 8.92 Å². The first-order chi connectivity index (χ1) is 9.59. The molecule has 0 spiro atoms. The van der Waals surface area contributed by atoms with Gasteiger partial charge in [0.2, 0.25) is 0 Å². The van der Waals surface area contributed by atoms with Crippen molar-refractivity contribution in [2.24, 2.45) is 0 Å².